The van der Waals surface area contributed by atoms with Gasteiger partial charge in [-0.3, -0.25) is 9.69 Å². The number of allylic oxidation sites excluding steroid dienone is 2. The van der Waals surface area contributed by atoms with E-state index >= 15 is 0 Å². The van der Waals surface area contributed by atoms with Gasteiger partial charge < -0.3 is 0 Å². The first-order valence-electron chi connectivity index (χ1n) is 6.84. The molecule has 0 aliphatic heterocycles. The lowest BCUT2D eigenvalue weighted by atomic mass is 10.2. The van der Waals surface area contributed by atoms with E-state index < -0.39 is 0 Å². The monoisotopic (exact) mass is 317 g/mol. The predicted octanol–water partition coefficient (Wildman–Crippen LogP) is 2.85. The second-order valence-electron chi connectivity index (χ2n) is 5.20. The summed E-state index contributed by atoms with van der Waals surface area (Å²) in [7, 11) is 1.72. The van der Waals surface area contributed by atoms with Crippen LogP contribution >= 0.6 is 11.3 Å². The third kappa shape index (κ3) is 2.85. The topological polar surface area (TPSA) is 63.9 Å². The van der Waals surface area contributed by atoms with Crippen molar-refractivity contribution in [3.63, 3.8) is 0 Å². The van der Waals surface area contributed by atoms with Crippen LogP contribution in [0.25, 0.3) is 10.7 Å². The fourth-order valence-corrected chi connectivity index (χ4v) is 2.75. The van der Waals surface area contributed by atoms with Crippen LogP contribution in [0.5, 0.6) is 0 Å². The molecule has 0 atom stereocenters. The SMILES string of the molecule is C=CC(=C)c1nnn(-c2nc(N(C)C(=O)C(C)C)cs2)c1C. The number of carbonyl (C=O) groups is 1. The highest BCUT2D eigenvalue weighted by atomic mass is 32.1. The van der Waals surface area contributed by atoms with Crippen molar-refractivity contribution in [3.8, 4) is 5.13 Å². The van der Waals surface area contributed by atoms with Gasteiger partial charge in [-0.2, -0.15) is 4.68 Å². The average Bonchev–Trinajstić information content (AvgIpc) is 3.11. The van der Waals surface area contributed by atoms with Crippen LogP contribution in [0, 0.1) is 12.8 Å². The molecule has 2 rings (SSSR count). The maximum Gasteiger partial charge on any atom is 0.230 e. The van der Waals surface area contributed by atoms with Crippen molar-refractivity contribution >= 4 is 28.6 Å². The van der Waals surface area contributed by atoms with Gasteiger partial charge in [0, 0.05) is 18.3 Å². The molecule has 0 saturated carbocycles. The summed E-state index contributed by atoms with van der Waals surface area (Å²) in [5.74, 6) is 0.552. The van der Waals surface area contributed by atoms with Crippen molar-refractivity contribution in [1.29, 1.82) is 0 Å². The minimum absolute atomic E-state index is 0.0212. The molecule has 0 N–H and O–H groups in total. The fraction of sp³-hybridized carbons (Fsp3) is 0.333. The summed E-state index contributed by atoms with van der Waals surface area (Å²) in [4.78, 5) is 18.0. The number of nitrogens with zero attached hydrogens (tertiary/aromatic N) is 5. The van der Waals surface area contributed by atoms with Crippen LogP contribution in [0.2, 0.25) is 0 Å². The van der Waals surface area contributed by atoms with Gasteiger partial charge in [-0.15, -0.1) is 16.4 Å². The van der Waals surface area contributed by atoms with Gasteiger partial charge in [0.05, 0.1) is 5.69 Å². The highest BCUT2D eigenvalue weighted by Gasteiger charge is 2.19. The lowest BCUT2D eigenvalue weighted by molar-refractivity contribution is -0.121. The molecule has 2 aromatic heterocycles. The van der Waals surface area contributed by atoms with Crippen LogP contribution in [0.15, 0.2) is 24.6 Å². The maximum atomic E-state index is 12.0. The molecule has 0 unspecified atom stereocenters. The molecule has 0 aliphatic carbocycles. The van der Waals surface area contributed by atoms with E-state index in [4.69, 9.17) is 0 Å². The number of hydrogen-bond donors (Lipinski definition) is 0. The molecule has 0 saturated heterocycles. The van der Waals surface area contributed by atoms with Crippen LogP contribution in [0.3, 0.4) is 0 Å². The van der Waals surface area contributed by atoms with Crippen molar-refractivity contribution in [2.24, 2.45) is 5.92 Å². The zero-order valence-electron chi connectivity index (χ0n) is 13.2. The molecular formula is C15H19N5OS. The Morgan fingerprint density at radius 2 is 2.18 bits per heavy atom. The summed E-state index contributed by atoms with van der Waals surface area (Å²) < 4.78 is 1.64. The van der Waals surface area contributed by atoms with E-state index in [9.17, 15) is 4.79 Å². The largest absolute Gasteiger partial charge is 0.299 e. The molecule has 0 radical (unpaired) electrons. The molecule has 0 fully saturated rings. The third-order valence-electron chi connectivity index (χ3n) is 3.27. The number of thiazole rings is 1. The Bertz CT molecular complexity index is 728. The molecule has 7 heteroatoms. The van der Waals surface area contributed by atoms with Gasteiger partial charge in [0.25, 0.3) is 0 Å². The van der Waals surface area contributed by atoms with Gasteiger partial charge in [0.1, 0.15) is 11.5 Å². The fourth-order valence-electron chi connectivity index (χ4n) is 1.91. The second-order valence-corrected chi connectivity index (χ2v) is 6.04. The van der Waals surface area contributed by atoms with Crippen LogP contribution in [-0.4, -0.2) is 32.9 Å². The molecule has 1 amide bonds. The molecular weight excluding hydrogens is 298 g/mol. The molecule has 0 aromatic carbocycles. The van der Waals surface area contributed by atoms with Gasteiger partial charge >= 0.3 is 0 Å². The molecule has 2 heterocycles. The molecule has 116 valence electrons. The number of rotatable bonds is 5. The maximum absolute atomic E-state index is 12.0. The number of amides is 1. The summed E-state index contributed by atoms with van der Waals surface area (Å²) in [5.41, 5.74) is 2.25. The standard InChI is InChI=1S/C15H19N5OS/c1-7-10(4)13-11(5)20(18-17-13)15-16-12(8-22-15)19(6)14(21)9(2)3/h7-9H,1,4H2,2-3,5-6H3. The van der Waals surface area contributed by atoms with Crippen molar-refractivity contribution in [1.82, 2.24) is 20.0 Å². The van der Waals surface area contributed by atoms with E-state index in [2.05, 4.69) is 28.5 Å². The minimum atomic E-state index is -0.0780. The molecule has 0 bridgehead atoms. The van der Waals surface area contributed by atoms with Gasteiger partial charge in [-0.25, -0.2) is 4.98 Å². The molecule has 0 aliphatic rings. The van der Waals surface area contributed by atoms with Crippen LogP contribution in [0.4, 0.5) is 5.82 Å². The average molecular weight is 317 g/mol. The van der Waals surface area contributed by atoms with E-state index in [1.54, 1.807) is 22.7 Å². The summed E-state index contributed by atoms with van der Waals surface area (Å²) >= 11 is 1.41. The highest BCUT2D eigenvalue weighted by molar-refractivity contribution is 7.12. The normalized spacial score (nSPS) is 10.8. The predicted molar refractivity (Wildman–Crippen MR) is 89.2 cm³/mol. The number of hydrogen-bond acceptors (Lipinski definition) is 5. The van der Waals surface area contributed by atoms with Crippen molar-refractivity contribution < 1.29 is 4.79 Å². The van der Waals surface area contributed by atoms with Gasteiger partial charge in [-0.1, -0.05) is 38.3 Å². The lowest BCUT2D eigenvalue weighted by Gasteiger charge is -2.16. The summed E-state index contributed by atoms with van der Waals surface area (Å²) in [6.07, 6.45) is 1.64. The number of aromatic nitrogens is 4. The second kappa shape index (κ2) is 6.23. The van der Waals surface area contributed by atoms with Gasteiger partial charge in [-0.05, 0) is 12.5 Å². The van der Waals surface area contributed by atoms with Crippen molar-refractivity contribution in [2.45, 2.75) is 20.8 Å². The number of carbonyl (C=O) groups excluding carboxylic acids is 1. The smallest absolute Gasteiger partial charge is 0.230 e. The number of anilines is 1. The van der Waals surface area contributed by atoms with E-state index in [0.29, 0.717) is 22.2 Å². The van der Waals surface area contributed by atoms with Gasteiger partial charge in [0.2, 0.25) is 11.0 Å². The Balaban J connectivity index is 2.33. The molecule has 0 spiro atoms. The minimum Gasteiger partial charge on any atom is -0.299 e. The van der Waals surface area contributed by atoms with Crippen molar-refractivity contribution in [3.05, 3.63) is 36.0 Å². The van der Waals surface area contributed by atoms with E-state index in [-0.39, 0.29) is 11.8 Å². The zero-order valence-corrected chi connectivity index (χ0v) is 14.0. The van der Waals surface area contributed by atoms with E-state index in [1.807, 2.05) is 26.2 Å². The molecule has 2 aromatic rings. The van der Waals surface area contributed by atoms with Crippen LogP contribution in [0.1, 0.15) is 25.2 Å². The Morgan fingerprint density at radius 1 is 1.50 bits per heavy atom. The first-order chi connectivity index (χ1) is 10.4. The van der Waals surface area contributed by atoms with Crippen LogP contribution < -0.4 is 4.90 Å². The van der Waals surface area contributed by atoms with Crippen molar-refractivity contribution in [2.75, 3.05) is 11.9 Å². The summed E-state index contributed by atoms with van der Waals surface area (Å²) in [6, 6.07) is 0. The zero-order chi connectivity index (χ0) is 16.4. The molecule has 6 nitrogen and oxygen atoms in total. The first-order valence-corrected chi connectivity index (χ1v) is 7.72. The Labute approximate surface area is 133 Å². The summed E-state index contributed by atoms with van der Waals surface area (Å²) in [5, 5.41) is 10.7. The Kier molecular flexibility index (Phi) is 4.56. The summed E-state index contributed by atoms with van der Waals surface area (Å²) in [6.45, 7) is 13.2. The van der Waals surface area contributed by atoms with Gasteiger partial charge in [0.15, 0.2) is 0 Å². The quantitative estimate of drug-likeness (QED) is 0.796. The Hall–Kier alpha value is -2.28. The van der Waals surface area contributed by atoms with Crippen LogP contribution in [-0.2, 0) is 4.79 Å². The third-order valence-corrected chi connectivity index (χ3v) is 4.08. The van der Waals surface area contributed by atoms with E-state index in [1.165, 1.54) is 11.3 Å². The Morgan fingerprint density at radius 3 is 2.77 bits per heavy atom. The first kappa shape index (κ1) is 16.1. The van der Waals surface area contributed by atoms with E-state index in [0.717, 1.165) is 5.69 Å². The lowest BCUT2D eigenvalue weighted by Crippen LogP contribution is -2.30. The highest BCUT2D eigenvalue weighted by Crippen LogP contribution is 2.24. The molecule has 22 heavy (non-hydrogen) atoms.